The second-order valence-corrected chi connectivity index (χ2v) is 8.25. The van der Waals surface area contributed by atoms with Crippen LogP contribution in [0.3, 0.4) is 0 Å². The van der Waals surface area contributed by atoms with Gasteiger partial charge in [0.15, 0.2) is 9.84 Å². The minimum atomic E-state index is -3.01. The Bertz CT molecular complexity index is 544. The minimum absolute atomic E-state index is 0.0114. The van der Waals surface area contributed by atoms with Gasteiger partial charge in [0.05, 0.1) is 10.8 Å². The number of rotatable bonds is 9. The summed E-state index contributed by atoms with van der Waals surface area (Å²) in [7, 11) is -3.01. The molecule has 0 bridgehead atoms. The first-order chi connectivity index (χ1) is 9.84. The molecule has 1 N–H and O–H groups in total. The highest BCUT2D eigenvalue weighted by Gasteiger charge is 2.09. The van der Waals surface area contributed by atoms with Gasteiger partial charge in [-0.3, -0.25) is 0 Å². The Morgan fingerprint density at radius 3 is 2.62 bits per heavy atom. The van der Waals surface area contributed by atoms with Crippen LogP contribution in [-0.4, -0.2) is 33.1 Å². The maximum Gasteiger partial charge on any atom is 0.153 e. The van der Waals surface area contributed by atoms with E-state index in [1.807, 2.05) is 12.1 Å². The van der Waals surface area contributed by atoms with Gasteiger partial charge in [-0.2, -0.15) is 0 Å². The molecule has 1 aromatic rings. The quantitative estimate of drug-likeness (QED) is 0.755. The highest BCUT2D eigenvalue weighted by atomic mass is 35.5. The number of nitrogens with one attached hydrogen (secondary N) is 1. The van der Waals surface area contributed by atoms with Crippen molar-refractivity contribution in [2.75, 3.05) is 24.7 Å². The molecule has 4 nitrogen and oxygen atoms in total. The summed E-state index contributed by atoms with van der Waals surface area (Å²) in [5, 5.41) is 3.85. The Hall–Kier alpha value is -0.780. The van der Waals surface area contributed by atoms with Gasteiger partial charge in [0.2, 0.25) is 0 Å². The van der Waals surface area contributed by atoms with Crippen molar-refractivity contribution in [2.45, 2.75) is 27.3 Å². The fourth-order valence-corrected chi connectivity index (χ4v) is 2.58. The van der Waals surface area contributed by atoms with Gasteiger partial charge in [0.1, 0.15) is 12.4 Å². The maximum atomic E-state index is 11.4. The molecule has 0 heterocycles. The largest absolute Gasteiger partial charge is 0.491 e. The fourth-order valence-electron chi connectivity index (χ4n) is 1.70. The summed E-state index contributed by atoms with van der Waals surface area (Å²) >= 11 is 6.15. The van der Waals surface area contributed by atoms with E-state index in [9.17, 15) is 8.42 Å². The number of benzene rings is 1. The van der Waals surface area contributed by atoms with Gasteiger partial charge in [-0.1, -0.05) is 38.4 Å². The van der Waals surface area contributed by atoms with Crippen LogP contribution >= 0.6 is 11.6 Å². The molecule has 0 unspecified atom stereocenters. The summed E-state index contributed by atoms with van der Waals surface area (Å²) in [6.45, 7) is 7.76. The SMILES string of the molecule is CCS(=O)(=O)CCOc1ccc(CNCC(C)C)cc1Cl. The van der Waals surface area contributed by atoms with Crippen molar-refractivity contribution < 1.29 is 13.2 Å². The third-order valence-corrected chi connectivity index (χ3v) is 4.93. The Labute approximate surface area is 132 Å². The Morgan fingerprint density at radius 1 is 1.33 bits per heavy atom. The molecule has 0 fully saturated rings. The molecule has 120 valence electrons. The van der Waals surface area contributed by atoms with Gasteiger partial charge in [0.25, 0.3) is 0 Å². The molecule has 1 aromatic carbocycles. The van der Waals surface area contributed by atoms with Gasteiger partial charge in [-0.15, -0.1) is 0 Å². The number of ether oxygens (including phenoxy) is 1. The van der Waals surface area contributed by atoms with Crippen molar-refractivity contribution in [3.63, 3.8) is 0 Å². The molecule has 0 spiro atoms. The number of sulfone groups is 1. The molecular weight excluding hydrogens is 310 g/mol. The smallest absolute Gasteiger partial charge is 0.153 e. The van der Waals surface area contributed by atoms with Gasteiger partial charge in [0, 0.05) is 12.3 Å². The predicted octanol–water partition coefficient (Wildman–Crippen LogP) is 2.90. The molecule has 0 saturated carbocycles. The van der Waals surface area contributed by atoms with Gasteiger partial charge >= 0.3 is 0 Å². The van der Waals surface area contributed by atoms with E-state index in [1.165, 1.54) is 0 Å². The van der Waals surface area contributed by atoms with Crippen LogP contribution in [0.1, 0.15) is 26.3 Å². The lowest BCUT2D eigenvalue weighted by atomic mass is 10.2. The first-order valence-corrected chi connectivity index (χ1v) is 9.36. The van der Waals surface area contributed by atoms with E-state index in [-0.39, 0.29) is 18.1 Å². The lowest BCUT2D eigenvalue weighted by Gasteiger charge is -2.11. The normalized spacial score (nSPS) is 11.9. The van der Waals surface area contributed by atoms with Crippen LogP contribution in [0.2, 0.25) is 5.02 Å². The summed E-state index contributed by atoms with van der Waals surface area (Å²) in [4.78, 5) is 0. The number of halogens is 1. The van der Waals surface area contributed by atoms with Crippen LogP contribution in [0.5, 0.6) is 5.75 Å². The molecule has 0 aliphatic rings. The van der Waals surface area contributed by atoms with Crippen LogP contribution in [0.15, 0.2) is 18.2 Å². The molecule has 0 aromatic heterocycles. The van der Waals surface area contributed by atoms with Crippen LogP contribution in [-0.2, 0) is 16.4 Å². The fraction of sp³-hybridized carbons (Fsp3) is 0.600. The minimum Gasteiger partial charge on any atom is -0.491 e. The number of hydrogen-bond acceptors (Lipinski definition) is 4. The van der Waals surface area contributed by atoms with E-state index >= 15 is 0 Å². The molecule has 0 saturated heterocycles. The van der Waals surface area contributed by atoms with Gasteiger partial charge in [-0.05, 0) is 30.2 Å². The van der Waals surface area contributed by atoms with Crippen molar-refractivity contribution in [2.24, 2.45) is 5.92 Å². The zero-order valence-electron chi connectivity index (χ0n) is 12.9. The highest BCUT2D eigenvalue weighted by Crippen LogP contribution is 2.25. The summed E-state index contributed by atoms with van der Waals surface area (Å²) in [5.41, 5.74) is 1.08. The molecule has 0 atom stereocenters. The summed E-state index contributed by atoms with van der Waals surface area (Å²) < 4.78 is 28.2. The second-order valence-electron chi connectivity index (χ2n) is 5.37. The summed E-state index contributed by atoms with van der Waals surface area (Å²) in [6, 6.07) is 5.56. The lowest BCUT2D eigenvalue weighted by Crippen LogP contribution is -2.19. The van der Waals surface area contributed by atoms with Crippen molar-refractivity contribution in [1.29, 1.82) is 0 Å². The van der Waals surface area contributed by atoms with Crippen molar-refractivity contribution in [1.82, 2.24) is 5.32 Å². The Morgan fingerprint density at radius 2 is 2.05 bits per heavy atom. The Balaban J connectivity index is 2.50. The molecular formula is C15H24ClNO3S. The second kappa shape index (κ2) is 8.61. The summed E-state index contributed by atoms with van der Waals surface area (Å²) in [5.74, 6) is 1.27. The molecule has 0 radical (unpaired) electrons. The van der Waals surface area contributed by atoms with Gasteiger partial charge in [-0.25, -0.2) is 8.42 Å². The van der Waals surface area contributed by atoms with E-state index in [1.54, 1.807) is 13.0 Å². The summed E-state index contributed by atoms with van der Waals surface area (Å²) in [6.07, 6.45) is 0. The first kappa shape index (κ1) is 18.3. The average molecular weight is 334 g/mol. The van der Waals surface area contributed by atoms with E-state index in [0.717, 1.165) is 18.7 Å². The van der Waals surface area contributed by atoms with Crippen LogP contribution < -0.4 is 10.1 Å². The average Bonchev–Trinajstić information content (AvgIpc) is 2.40. The topological polar surface area (TPSA) is 55.4 Å². The monoisotopic (exact) mass is 333 g/mol. The first-order valence-electron chi connectivity index (χ1n) is 7.16. The third kappa shape index (κ3) is 7.16. The van der Waals surface area contributed by atoms with Crippen LogP contribution in [0.25, 0.3) is 0 Å². The highest BCUT2D eigenvalue weighted by molar-refractivity contribution is 7.91. The van der Waals surface area contributed by atoms with E-state index in [0.29, 0.717) is 16.7 Å². The number of hydrogen-bond donors (Lipinski definition) is 1. The zero-order chi connectivity index (χ0) is 15.9. The van der Waals surface area contributed by atoms with Crippen molar-refractivity contribution >= 4 is 21.4 Å². The third-order valence-electron chi connectivity index (χ3n) is 2.97. The standard InChI is InChI=1S/C15H24ClNO3S/c1-4-21(18,19)8-7-20-15-6-5-13(9-14(15)16)11-17-10-12(2)3/h5-6,9,12,17H,4,7-8,10-11H2,1-3H3. The Kier molecular flexibility index (Phi) is 7.49. The van der Waals surface area contributed by atoms with Crippen molar-refractivity contribution in [3.8, 4) is 5.75 Å². The van der Waals surface area contributed by atoms with E-state index < -0.39 is 9.84 Å². The maximum absolute atomic E-state index is 11.4. The molecule has 21 heavy (non-hydrogen) atoms. The van der Waals surface area contributed by atoms with Gasteiger partial charge < -0.3 is 10.1 Å². The van der Waals surface area contributed by atoms with Crippen molar-refractivity contribution in [3.05, 3.63) is 28.8 Å². The lowest BCUT2D eigenvalue weighted by molar-refractivity contribution is 0.341. The molecule has 6 heteroatoms. The zero-order valence-corrected chi connectivity index (χ0v) is 14.4. The molecule has 0 amide bonds. The van der Waals surface area contributed by atoms with Crippen LogP contribution in [0, 0.1) is 5.92 Å². The molecule has 1 rings (SSSR count). The molecule has 0 aliphatic heterocycles. The molecule has 0 aliphatic carbocycles. The van der Waals surface area contributed by atoms with E-state index in [4.69, 9.17) is 16.3 Å². The predicted molar refractivity (Wildman–Crippen MR) is 87.8 cm³/mol. The van der Waals surface area contributed by atoms with E-state index in [2.05, 4.69) is 19.2 Å². The van der Waals surface area contributed by atoms with Crippen LogP contribution in [0.4, 0.5) is 0 Å².